The minimum atomic E-state index is -0.0968. The molecule has 0 saturated carbocycles. The highest BCUT2D eigenvalue weighted by molar-refractivity contribution is 5.76. The fraction of sp³-hybridized carbons (Fsp3) is 0.333. The molecule has 1 atom stereocenters. The van der Waals surface area contributed by atoms with Gasteiger partial charge in [0.2, 0.25) is 5.91 Å². The van der Waals surface area contributed by atoms with E-state index in [1.807, 2.05) is 31.2 Å². The van der Waals surface area contributed by atoms with Crippen molar-refractivity contribution in [3.05, 3.63) is 42.2 Å². The van der Waals surface area contributed by atoms with Gasteiger partial charge in [0.1, 0.15) is 12.3 Å². The van der Waals surface area contributed by atoms with Gasteiger partial charge in [-0.3, -0.25) is 9.48 Å². The van der Waals surface area contributed by atoms with E-state index in [9.17, 15) is 4.79 Å². The van der Waals surface area contributed by atoms with Crippen molar-refractivity contribution in [3.63, 3.8) is 0 Å². The molecule has 0 aliphatic carbocycles. The summed E-state index contributed by atoms with van der Waals surface area (Å²) in [5, 5.41) is 6.93. The van der Waals surface area contributed by atoms with Crippen molar-refractivity contribution in [2.24, 2.45) is 0 Å². The number of aromatic nitrogens is 2. The van der Waals surface area contributed by atoms with Crippen LogP contribution in [-0.2, 0) is 17.8 Å². The van der Waals surface area contributed by atoms with Crippen molar-refractivity contribution in [2.75, 3.05) is 12.8 Å². The lowest BCUT2D eigenvalue weighted by atomic mass is 10.1. The van der Waals surface area contributed by atoms with Gasteiger partial charge in [0.15, 0.2) is 0 Å². The van der Waals surface area contributed by atoms with Gasteiger partial charge in [-0.05, 0) is 25.0 Å². The number of nitrogens with zero attached hydrogens (tertiary/aromatic N) is 2. The molecule has 0 saturated heterocycles. The number of anilines is 1. The molecule has 0 fully saturated rings. The van der Waals surface area contributed by atoms with Crippen molar-refractivity contribution >= 4 is 11.6 Å². The lowest BCUT2D eigenvalue weighted by Gasteiger charge is -2.16. The predicted octanol–water partition coefficient (Wildman–Crippen LogP) is 1.22. The molecular weight excluding hydrogens is 268 g/mol. The number of rotatable bonds is 6. The predicted molar refractivity (Wildman–Crippen MR) is 80.9 cm³/mol. The van der Waals surface area contributed by atoms with Crippen LogP contribution in [0.1, 0.15) is 12.5 Å². The third-order valence-corrected chi connectivity index (χ3v) is 3.08. The lowest BCUT2D eigenvalue weighted by molar-refractivity contribution is -0.122. The molecule has 21 heavy (non-hydrogen) atoms. The topological polar surface area (TPSA) is 82.2 Å². The first kappa shape index (κ1) is 14.9. The van der Waals surface area contributed by atoms with Gasteiger partial charge in [-0.2, -0.15) is 5.10 Å². The molecule has 1 unspecified atom stereocenters. The Hall–Kier alpha value is -2.50. The third-order valence-electron chi connectivity index (χ3n) is 3.08. The summed E-state index contributed by atoms with van der Waals surface area (Å²) in [6, 6.07) is 7.79. The second-order valence-corrected chi connectivity index (χ2v) is 4.96. The van der Waals surface area contributed by atoms with Crippen molar-refractivity contribution in [3.8, 4) is 5.75 Å². The van der Waals surface area contributed by atoms with Gasteiger partial charge >= 0.3 is 0 Å². The first-order valence-corrected chi connectivity index (χ1v) is 6.77. The van der Waals surface area contributed by atoms with E-state index in [1.54, 1.807) is 13.3 Å². The molecule has 3 N–H and O–H groups in total. The quantitative estimate of drug-likeness (QED) is 0.837. The summed E-state index contributed by atoms with van der Waals surface area (Å²) in [4.78, 5) is 11.9. The molecule has 6 heteroatoms. The van der Waals surface area contributed by atoms with E-state index in [2.05, 4.69) is 10.4 Å². The fourth-order valence-electron chi connectivity index (χ4n) is 2.19. The smallest absolute Gasteiger partial charge is 0.241 e. The number of nitrogens with two attached hydrogens (primary N) is 1. The van der Waals surface area contributed by atoms with E-state index >= 15 is 0 Å². The molecule has 1 aromatic heterocycles. The second kappa shape index (κ2) is 6.78. The second-order valence-electron chi connectivity index (χ2n) is 4.96. The van der Waals surface area contributed by atoms with Crippen LogP contribution < -0.4 is 15.8 Å². The van der Waals surface area contributed by atoms with E-state index in [-0.39, 0.29) is 18.5 Å². The van der Waals surface area contributed by atoms with Gasteiger partial charge in [0, 0.05) is 12.2 Å². The summed E-state index contributed by atoms with van der Waals surface area (Å²) < 4.78 is 6.82. The van der Waals surface area contributed by atoms with E-state index in [1.165, 1.54) is 10.9 Å². The molecule has 0 aliphatic heterocycles. The van der Waals surface area contributed by atoms with Crippen LogP contribution in [0.2, 0.25) is 0 Å². The Kier molecular flexibility index (Phi) is 4.81. The number of nitrogens with one attached hydrogen (secondary N) is 1. The normalized spacial score (nSPS) is 11.9. The van der Waals surface area contributed by atoms with Gasteiger partial charge in [0.05, 0.1) is 19.0 Å². The van der Waals surface area contributed by atoms with Gasteiger partial charge in [-0.15, -0.1) is 0 Å². The van der Waals surface area contributed by atoms with E-state index < -0.39 is 0 Å². The highest BCUT2D eigenvalue weighted by atomic mass is 16.5. The first-order valence-electron chi connectivity index (χ1n) is 6.77. The van der Waals surface area contributed by atoms with Gasteiger partial charge in [-0.1, -0.05) is 18.2 Å². The minimum absolute atomic E-state index is 0.00158. The summed E-state index contributed by atoms with van der Waals surface area (Å²) in [7, 11) is 1.64. The molecule has 1 heterocycles. The molecule has 0 spiro atoms. The van der Waals surface area contributed by atoms with Gasteiger partial charge < -0.3 is 15.8 Å². The summed E-state index contributed by atoms with van der Waals surface area (Å²) in [6.45, 7) is 2.12. The van der Waals surface area contributed by atoms with Crippen molar-refractivity contribution < 1.29 is 9.53 Å². The fourth-order valence-corrected chi connectivity index (χ4v) is 2.19. The summed E-state index contributed by atoms with van der Waals surface area (Å²) in [6.07, 6.45) is 3.85. The largest absolute Gasteiger partial charge is 0.496 e. The maximum Gasteiger partial charge on any atom is 0.241 e. The monoisotopic (exact) mass is 288 g/mol. The molecule has 0 radical (unpaired) electrons. The maximum atomic E-state index is 11.9. The van der Waals surface area contributed by atoms with Crippen LogP contribution in [0.3, 0.4) is 0 Å². The van der Waals surface area contributed by atoms with Crippen LogP contribution in [0.25, 0.3) is 0 Å². The minimum Gasteiger partial charge on any atom is -0.496 e. The van der Waals surface area contributed by atoms with Crippen molar-refractivity contribution in [1.82, 2.24) is 15.1 Å². The lowest BCUT2D eigenvalue weighted by Crippen LogP contribution is -2.36. The zero-order valence-corrected chi connectivity index (χ0v) is 12.2. The number of carbonyl (C=O) groups excluding carboxylic acids is 1. The molecular formula is C15H20N4O2. The third kappa shape index (κ3) is 4.24. The highest BCUT2D eigenvalue weighted by Crippen LogP contribution is 2.18. The van der Waals surface area contributed by atoms with E-state index in [0.29, 0.717) is 12.1 Å². The Balaban J connectivity index is 1.89. The highest BCUT2D eigenvalue weighted by Gasteiger charge is 2.11. The number of ether oxygens (including phenoxy) is 1. The number of nitrogen functional groups attached to an aromatic ring is 1. The van der Waals surface area contributed by atoms with Crippen molar-refractivity contribution in [1.29, 1.82) is 0 Å². The van der Waals surface area contributed by atoms with Crippen molar-refractivity contribution in [2.45, 2.75) is 25.9 Å². The number of hydrogen-bond donors (Lipinski definition) is 2. The molecule has 1 amide bonds. The molecule has 0 aliphatic rings. The van der Waals surface area contributed by atoms with E-state index in [0.717, 1.165) is 11.3 Å². The average molecular weight is 288 g/mol. The molecule has 1 aromatic carbocycles. The average Bonchev–Trinajstić information content (AvgIpc) is 2.84. The molecule has 6 nitrogen and oxygen atoms in total. The number of benzene rings is 1. The molecule has 0 bridgehead atoms. The Morgan fingerprint density at radius 3 is 2.90 bits per heavy atom. The van der Waals surface area contributed by atoms with Crippen LogP contribution in [0.15, 0.2) is 36.7 Å². The Morgan fingerprint density at radius 2 is 2.24 bits per heavy atom. The van der Waals surface area contributed by atoms with Crippen LogP contribution in [0.5, 0.6) is 5.75 Å². The number of para-hydroxylation sites is 1. The number of carbonyl (C=O) groups is 1. The number of methoxy groups -OCH3 is 1. The number of amides is 1. The Labute approximate surface area is 123 Å². The summed E-state index contributed by atoms with van der Waals surface area (Å²) >= 11 is 0. The summed E-state index contributed by atoms with van der Waals surface area (Å²) in [5.41, 5.74) is 7.17. The Bertz CT molecular complexity index is 609. The molecule has 2 aromatic rings. The van der Waals surface area contributed by atoms with Gasteiger partial charge in [0.25, 0.3) is 0 Å². The maximum absolute atomic E-state index is 11.9. The zero-order chi connectivity index (χ0) is 15.2. The standard InChI is InChI=1S/C15H20N4O2/c1-11(7-12-5-3-4-6-14(12)21-2)18-15(20)10-19-9-13(16)8-17-19/h3-6,8-9,11H,7,10,16H2,1-2H3,(H,18,20). The van der Waals surface area contributed by atoms with Crippen LogP contribution in [0, 0.1) is 0 Å². The Morgan fingerprint density at radius 1 is 1.48 bits per heavy atom. The van der Waals surface area contributed by atoms with Crippen LogP contribution >= 0.6 is 0 Å². The summed E-state index contributed by atoms with van der Waals surface area (Å²) in [5.74, 6) is 0.735. The molecule has 112 valence electrons. The zero-order valence-electron chi connectivity index (χ0n) is 12.2. The van der Waals surface area contributed by atoms with Crippen LogP contribution in [-0.4, -0.2) is 28.8 Å². The van der Waals surface area contributed by atoms with Gasteiger partial charge in [-0.25, -0.2) is 0 Å². The first-order chi connectivity index (χ1) is 10.1. The van der Waals surface area contributed by atoms with E-state index in [4.69, 9.17) is 10.5 Å². The molecule has 2 rings (SSSR count). The number of hydrogen-bond acceptors (Lipinski definition) is 4. The van der Waals surface area contributed by atoms with Crippen LogP contribution in [0.4, 0.5) is 5.69 Å². The SMILES string of the molecule is COc1ccccc1CC(C)NC(=O)Cn1cc(N)cn1.